The van der Waals surface area contributed by atoms with Crippen molar-refractivity contribution in [2.75, 3.05) is 6.61 Å². The minimum Gasteiger partial charge on any atom is -0.479 e. The van der Waals surface area contributed by atoms with Gasteiger partial charge in [-0.2, -0.15) is 0 Å². The van der Waals surface area contributed by atoms with E-state index >= 15 is 0 Å². The fourth-order valence-electron chi connectivity index (χ4n) is 1.97. The zero-order valence-electron chi connectivity index (χ0n) is 7.34. The van der Waals surface area contributed by atoms with Gasteiger partial charge in [0.1, 0.15) is 0 Å². The summed E-state index contributed by atoms with van der Waals surface area (Å²) in [5.74, 6) is 0.979. The van der Waals surface area contributed by atoms with Crippen LogP contribution in [0.2, 0.25) is 0 Å². The second kappa shape index (κ2) is 2.52. The Labute approximate surface area is 76.5 Å². The minimum atomic E-state index is 0.847. The highest BCUT2D eigenvalue weighted by molar-refractivity contribution is 5.86. The van der Waals surface area contributed by atoms with E-state index in [0.717, 1.165) is 25.3 Å². The summed E-state index contributed by atoms with van der Waals surface area (Å²) in [5, 5.41) is 1.32. The van der Waals surface area contributed by atoms with Crippen LogP contribution in [0.15, 0.2) is 24.3 Å². The number of aryl methyl sites for hydroxylation is 1. The molecular formula is C11H11NO. The smallest absolute Gasteiger partial charge is 0.195 e. The molecule has 13 heavy (non-hydrogen) atoms. The lowest BCUT2D eigenvalue weighted by Gasteiger charge is -2.12. The first-order valence-electron chi connectivity index (χ1n) is 4.67. The predicted molar refractivity (Wildman–Crippen MR) is 52.1 cm³/mol. The third-order valence-corrected chi connectivity index (χ3v) is 2.59. The van der Waals surface area contributed by atoms with E-state index in [1.165, 1.54) is 16.5 Å². The Hall–Kier alpha value is -1.44. The van der Waals surface area contributed by atoms with Crippen LogP contribution in [0, 0.1) is 0 Å². The van der Waals surface area contributed by atoms with Gasteiger partial charge in [0.05, 0.1) is 6.61 Å². The van der Waals surface area contributed by atoms with Gasteiger partial charge in [0, 0.05) is 16.5 Å². The van der Waals surface area contributed by atoms with Crippen molar-refractivity contribution in [2.45, 2.75) is 12.8 Å². The summed E-state index contributed by atoms with van der Waals surface area (Å²) < 4.78 is 5.55. The predicted octanol–water partition coefficient (Wildman–Crippen LogP) is 2.49. The first-order chi connectivity index (χ1) is 6.45. The lowest BCUT2D eigenvalue weighted by Crippen LogP contribution is -2.06. The number of ether oxygens (including phenoxy) is 1. The topological polar surface area (TPSA) is 25.0 Å². The van der Waals surface area contributed by atoms with Crippen LogP contribution in [0.4, 0.5) is 0 Å². The highest BCUT2D eigenvalue weighted by atomic mass is 16.5. The van der Waals surface area contributed by atoms with Crippen molar-refractivity contribution in [3.05, 3.63) is 29.8 Å². The van der Waals surface area contributed by atoms with Gasteiger partial charge in [-0.25, -0.2) is 0 Å². The van der Waals surface area contributed by atoms with E-state index in [4.69, 9.17) is 4.74 Å². The quantitative estimate of drug-likeness (QED) is 0.650. The number of nitrogens with one attached hydrogen (secondary N) is 1. The molecule has 0 spiro atoms. The monoisotopic (exact) mass is 173 g/mol. The molecule has 1 aliphatic heterocycles. The van der Waals surface area contributed by atoms with Crippen molar-refractivity contribution in [3.8, 4) is 5.88 Å². The number of aromatic amines is 1. The molecule has 1 aromatic carbocycles. The highest BCUT2D eigenvalue weighted by Crippen LogP contribution is 2.31. The number of benzene rings is 1. The summed E-state index contributed by atoms with van der Waals surface area (Å²) in [7, 11) is 0. The number of fused-ring (bicyclic) bond motifs is 3. The second-order valence-corrected chi connectivity index (χ2v) is 3.43. The van der Waals surface area contributed by atoms with E-state index in [2.05, 4.69) is 23.2 Å². The van der Waals surface area contributed by atoms with Crippen molar-refractivity contribution >= 4 is 10.9 Å². The Morgan fingerprint density at radius 3 is 3.15 bits per heavy atom. The van der Waals surface area contributed by atoms with Crippen LogP contribution in [0.1, 0.15) is 12.0 Å². The van der Waals surface area contributed by atoms with Gasteiger partial charge in [-0.1, -0.05) is 18.2 Å². The van der Waals surface area contributed by atoms with Gasteiger partial charge in [-0.3, -0.25) is 0 Å². The highest BCUT2D eigenvalue weighted by Gasteiger charge is 2.15. The van der Waals surface area contributed by atoms with Crippen LogP contribution in [0.5, 0.6) is 5.88 Å². The summed E-state index contributed by atoms with van der Waals surface area (Å²) in [6.45, 7) is 0.847. The van der Waals surface area contributed by atoms with E-state index in [1.54, 1.807) is 0 Å². The molecule has 0 saturated carbocycles. The van der Waals surface area contributed by atoms with Crippen molar-refractivity contribution in [1.29, 1.82) is 0 Å². The lowest BCUT2D eigenvalue weighted by molar-refractivity contribution is 0.280. The van der Waals surface area contributed by atoms with Gasteiger partial charge in [0.2, 0.25) is 0 Å². The van der Waals surface area contributed by atoms with E-state index in [0.29, 0.717) is 0 Å². The molecule has 2 heterocycles. The maximum Gasteiger partial charge on any atom is 0.195 e. The maximum atomic E-state index is 5.55. The standard InChI is InChI=1S/C11H11NO/c1-2-6-10-8(4-1)9-5-3-7-13-11(9)12-10/h1-2,4,6,12H,3,5,7H2. The van der Waals surface area contributed by atoms with Gasteiger partial charge < -0.3 is 9.72 Å². The molecule has 0 bridgehead atoms. The summed E-state index contributed by atoms with van der Waals surface area (Å²) in [6, 6.07) is 8.37. The summed E-state index contributed by atoms with van der Waals surface area (Å²) in [4.78, 5) is 3.29. The molecule has 1 aliphatic rings. The molecule has 0 unspecified atom stereocenters. The summed E-state index contributed by atoms with van der Waals surface area (Å²) >= 11 is 0. The SMILES string of the molecule is c1ccc2c3c([nH]c2c1)OCCC3. The van der Waals surface area contributed by atoms with E-state index in [9.17, 15) is 0 Å². The van der Waals surface area contributed by atoms with Crippen molar-refractivity contribution in [1.82, 2.24) is 4.98 Å². The van der Waals surface area contributed by atoms with Gasteiger partial charge >= 0.3 is 0 Å². The Balaban J connectivity index is 2.34. The second-order valence-electron chi connectivity index (χ2n) is 3.43. The molecule has 2 heteroatoms. The zero-order chi connectivity index (χ0) is 8.67. The molecule has 3 rings (SSSR count). The third kappa shape index (κ3) is 0.949. The third-order valence-electron chi connectivity index (χ3n) is 2.59. The van der Waals surface area contributed by atoms with Gasteiger partial charge in [0.25, 0.3) is 0 Å². The molecule has 66 valence electrons. The Morgan fingerprint density at radius 2 is 2.15 bits per heavy atom. The number of H-pyrrole nitrogens is 1. The number of para-hydroxylation sites is 1. The molecule has 0 amide bonds. The molecule has 0 aliphatic carbocycles. The van der Waals surface area contributed by atoms with Crippen molar-refractivity contribution in [3.63, 3.8) is 0 Å². The largest absolute Gasteiger partial charge is 0.479 e. The van der Waals surface area contributed by atoms with Crippen LogP contribution in [-0.4, -0.2) is 11.6 Å². The lowest BCUT2D eigenvalue weighted by atomic mass is 10.1. The molecule has 0 fully saturated rings. The van der Waals surface area contributed by atoms with Crippen molar-refractivity contribution in [2.24, 2.45) is 0 Å². The van der Waals surface area contributed by atoms with E-state index in [1.807, 2.05) is 6.07 Å². The maximum absolute atomic E-state index is 5.55. The Bertz CT molecular complexity index is 444. The molecular weight excluding hydrogens is 162 g/mol. The average Bonchev–Trinajstić information content (AvgIpc) is 2.56. The number of aromatic nitrogens is 1. The van der Waals surface area contributed by atoms with E-state index in [-0.39, 0.29) is 0 Å². The molecule has 0 saturated heterocycles. The van der Waals surface area contributed by atoms with Crippen LogP contribution >= 0.6 is 0 Å². The summed E-state index contributed by atoms with van der Waals surface area (Å²) in [6.07, 6.45) is 2.27. The molecule has 1 aromatic heterocycles. The normalized spacial score (nSPS) is 15.4. The van der Waals surface area contributed by atoms with Gasteiger partial charge in [-0.05, 0) is 18.9 Å². The number of rotatable bonds is 0. The van der Waals surface area contributed by atoms with Crippen LogP contribution < -0.4 is 4.74 Å². The molecule has 0 atom stereocenters. The first kappa shape index (κ1) is 7.01. The van der Waals surface area contributed by atoms with Crippen LogP contribution in [0.3, 0.4) is 0 Å². The minimum absolute atomic E-state index is 0.847. The van der Waals surface area contributed by atoms with E-state index < -0.39 is 0 Å². The fourth-order valence-corrected chi connectivity index (χ4v) is 1.97. The first-order valence-corrected chi connectivity index (χ1v) is 4.67. The average molecular weight is 173 g/mol. The Morgan fingerprint density at radius 1 is 1.23 bits per heavy atom. The molecule has 2 nitrogen and oxygen atoms in total. The number of hydrogen-bond donors (Lipinski definition) is 1. The zero-order valence-corrected chi connectivity index (χ0v) is 7.34. The van der Waals surface area contributed by atoms with Crippen LogP contribution in [-0.2, 0) is 6.42 Å². The fraction of sp³-hybridized carbons (Fsp3) is 0.273. The van der Waals surface area contributed by atoms with Gasteiger partial charge in [0.15, 0.2) is 5.88 Å². The van der Waals surface area contributed by atoms with Crippen LogP contribution in [0.25, 0.3) is 10.9 Å². The van der Waals surface area contributed by atoms with Crippen molar-refractivity contribution < 1.29 is 4.74 Å². The Kier molecular flexibility index (Phi) is 1.36. The molecule has 1 N–H and O–H groups in total. The number of hydrogen-bond acceptors (Lipinski definition) is 1. The summed E-state index contributed by atoms with van der Waals surface area (Å²) in [5.41, 5.74) is 2.54. The molecule has 2 aromatic rings. The van der Waals surface area contributed by atoms with Gasteiger partial charge in [-0.15, -0.1) is 0 Å². The molecule has 0 radical (unpaired) electrons.